The van der Waals surface area contributed by atoms with E-state index in [0.29, 0.717) is 19.5 Å². The molecule has 3 aliphatic rings. The number of nitrogens with zero attached hydrogens (tertiary/aromatic N) is 2. The fourth-order valence-corrected chi connectivity index (χ4v) is 4.07. The minimum absolute atomic E-state index is 0.133. The molecule has 3 fully saturated rings. The van der Waals surface area contributed by atoms with Crippen molar-refractivity contribution >= 4 is 17.3 Å². The van der Waals surface area contributed by atoms with Crippen LogP contribution >= 0.6 is 0 Å². The van der Waals surface area contributed by atoms with Crippen molar-refractivity contribution in [3.63, 3.8) is 0 Å². The predicted octanol–water partition coefficient (Wildman–Crippen LogP) is 2.81. The molecule has 1 N–H and O–H groups in total. The largest absolute Gasteiger partial charge is 0.372 e. The van der Waals surface area contributed by atoms with Gasteiger partial charge in [0, 0.05) is 42.8 Å². The zero-order valence-corrected chi connectivity index (χ0v) is 13.7. The third-order valence-electron chi connectivity index (χ3n) is 5.57. The van der Waals surface area contributed by atoms with Crippen LogP contribution in [0.15, 0.2) is 24.3 Å². The van der Waals surface area contributed by atoms with E-state index >= 15 is 0 Å². The van der Waals surface area contributed by atoms with Crippen LogP contribution in [0.25, 0.3) is 0 Å². The maximum absolute atomic E-state index is 13.4. The Morgan fingerprint density at radius 3 is 2.50 bits per heavy atom. The Balaban J connectivity index is 1.28. The summed E-state index contributed by atoms with van der Waals surface area (Å²) >= 11 is 0. The van der Waals surface area contributed by atoms with Crippen molar-refractivity contribution in [3.05, 3.63) is 24.3 Å². The highest BCUT2D eigenvalue weighted by molar-refractivity contribution is 5.92. The molecule has 1 amide bonds. The second kappa shape index (κ2) is 5.99. The Labute approximate surface area is 140 Å². The number of benzene rings is 1. The van der Waals surface area contributed by atoms with Gasteiger partial charge in [-0.1, -0.05) is 0 Å². The predicted molar refractivity (Wildman–Crippen MR) is 89.5 cm³/mol. The van der Waals surface area contributed by atoms with Crippen LogP contribution in [0, 0.1) is 11.8 Å². The van der Waals surface area contributed by atoms with E-state index in [0.717, 1.165) is 18.8 Å². The molecule has 0 unspecified atom stereocenters. The number of piperidine rings is 1. The number of fused-ring (bicyclic) bond motifs is 1. The molecule has 6 heteroatoms. The Kier molecular flexibility index (Phi) is 3.95. The van der Waals surface area contributed by atoms with Crippen molar-refractivity contribution in [1.82, 2.24) is 4.90 Å². The molecule has 4 nitrogen and oxygen atoms in total. The SMILES string of the molecule is O=C(CN1CC[C@H]2[C@H](C1)C2(F)F)Nc1ccc(N2CCCC2)cc1. The van der Waals surface area contributed by atoms with E-state index < -0.39 is 17.8 Å². The highest BCUT2D eigenvalue weighted by Crippen LogP contribution is 2.58. The summed E-state index contributed by atoms with van der Waals surface area (Å²) < 4.78 is 26.8. The summed E-state index contributed by atoms with van der Waals surface area (Å²) in [6.07, 6.45) is 2.96. The van der Waals surface area contributed by atoms with Crippen LogP contribution in [0.5, 0.6) is 0 Å². The Morgan fingerprint density at radius 1 is 1.12 bits per heavy atom. The lowest BCUT2D eigenvalue weighted by Gasteiger charge is -2.24. The molecular formula is C18H23F2N3O. The number of likely N-dealkylation sites (tertiary alicyclic amines) is 1. The van der Waals surface area contributed by atoms with Gasteiger partial charge < -0.3 is 10.2 Å². The zero-order chi connectivity index (χ0) is 16.7. The van der Waals surface area contributed by atoms with Gasteiger partial charge in [-0.05, 0) is 50.1 Å². The topological polar surface area (TPSA) is 35.6 Å². The standard InChI is InChI=1S/C18H23F2N3O/c19-18(20)15-7-10-22(11-16(15)18)12-17(24)21-13-3-5-14(6-4-13)23-8-1-2-9-23/h3-6,15-16H,1-2,7-12H2,(H,21,24)/t15-,16-/m0/s1. The first kappa shape index (κ1) is 15.8. The molecule has 0 bridgehead atoms. The second-order valence-corrected chi connectivity index (χ2v) is 7.20. The molecule has 1 aromatic rings. The summed E-state index contributed by atoms with van der Waals surface area (Å²) in [6, 6.07) is 7.87. The molecule has 2 heterocycles. The van der Waals surface area contributed by atoms with Gasteiger partial charge in [0.1, 0.15) is 0 Å². The van der Waals surface area contributed by atoms with Crippen LogP contribution in [0.1, 0.15) is 19.3 Å². The molecule has 1 saturated carbocycles. The first-order valence-corrected chi connectivity index (χ1v) is 8.79. The third kappa shape index (κ3) is 2.99. The van der Waals surface area contributed by atoms with Gasteiger partial charge in [0.15, 0.2) is 0 Å². The quantitative estimate of drug-likeness (QED) is 0.919. The van der Waals surface area contributed by atoms with Crippen LogP contribution in [0.3, 0.4) is 0 Å². The highest BCUT2D eigenvalue weighted by Gasteiger charge is 2.68. The van der Waals surface area contributed by atoms with E-state index in [9.17, 15) is 13.6 Å². The van der Waals surface area contributed by atoms with Gasteiger partial charge in [0.05, 0.1) is 6.54 Å². The van der Waals surface area contributed by atoms with Crippen molar-refractivity contribution in [1.29, 1.82) is 0 Å². The molecule has 0 radical (unpaired) electrons. The maximum atomic E-state index is 13.4. The van der Waals surface area contributed by atoms with Crippen LogP contribution in [0.4, 0.5) is 20.2 Å². The molecular weight excluding hydrogens is 312 g/mol. The van der Waals surface area contributed by atoms with Crippen LogP contribution in [0.2, 0.25) is 0 Å². The lowest BCUT2D eigenvalue weighted by molar-refractivity contribution is -0.117. The first-order valence-electron chi connectivity index (χ1n) is 8.79. The number of carbonyl (C=O) groups excluding carboxylic acids is 1. The Morgan fingerprint density at radius 2 is 1.83 bits per heavy atom. The maximum Gasteiger partial charge on any atom is 0.255 e. The molecule has 130 valence electrons. The Hall–Kier alpha value is -1.69. The lowest BCUT2D eigenvalue weighted by atomic mass is 10.1. The van der Waals surface area contributed by atoms with E-state index in [4.69, 9.17) is 0 Å². The monoisotopic (exact) mass is 335 g/mol. The number of hydrogen-bond acceptors (Lipinski definition) is 3. The van der Waals surface area contributed by atoms with Crippen molar-refractivity contribution in [2.24, 2.45) is 11.8 Å². The van der Waals surface area contributed by atoms with Crippen LogP contribution < -0.4 is 10.2 Å². The fraction of sp³-hybridized carbons (Fsp3) is 0.611. The molecule has 2 aliphatic heterocycles. The summed E-state index contributed by atoms with van der Waals surface area (Å²) in [5.74, 6) is -3.63. The number of rotatable bonds is 4. The average molecular weight is 335 g/mol. The van der Waals surface area contributed by atoms with Gasteiger partial charge in [-0.3, -0.25) is 9.69 Å². The average Bonchev–Trinajstić information content (AvgIpc) is 2.95. The molecule has 2 atom stereocenters. The number of amides is 1. The summed E-state index contributed by atoms with van der Waals surface area (Å²) in [6.45, 7) is 3.28. The van der Waals surface area contributed by atoms with E-state index in [-0.39, 0.29) is 12.5 Å². The molecule has 1 aliphatic carbocycles. The lowest BCUT2D eigenvalue weighted by Crippen LogP contribution is -2.38. The number of hydrogen-bond donors (Lipinski definition) is 1. The number of anilines is 2. The molecule has 0 spiro atoms. The smallest absolute Gasteiger partial charge is 0.255 e. The van der Waals surface area contributed by atoms with Crippen molar-refractivity contribution in [3.8, 4) is 0 Å². The minimum atomic E-state index is -2.50. The number of carbonyl (C=O) groups is 1. The van der Waals surface area contributed by atoms with Crippen LogP contribution in [-0.4, -0.2) is 49.5 Å². The van der Waals surface area contributed by atoms with Gasteiger partial charge in [-0.25, -0.2) is 8.78 Å². The van der Waals surface area contributed by atoms with E-state index in [1.165, 1.54) is 18.5 Å². The molecule has 4 rings (SSSR count). The van der Waals surface area contributed by atoms with Crippen molar-refractivity contribution in [2.45, 2.75) is 25.2 Å². The van der Waals surface area contributed by atoms with E-state index in [1.807, 2.05) is 29.2 Å². The van der Waals surface area contributed by atoms with Gasteiger partial charge >= 0.3 is 0 Å². The molecule has 1 aromatic carbocycles. The summed E-state index contributed by atoms with van der Waals surface area (Å²) in [7, 11) is 0. The third-order valence-corrected chi connectivity index (χ3v) is 5.57. The molecule has 2 saturated heterocycles. The van der Waals surface area contributed by atoms with Gasteiger partial charge in [0.25, 0.3) is 5.92 Å². The number of nitrogens with one attached hydrogen (secondary N) is 1. The van der Waals surface area contributed by atoms with Gasteiger partial charge in [-0.15, -0.1) is 0 Å². The molecule has 0 aromatic heterocycles. The summed E-state index contributed by atoms with van der Waals surface area (Å²) in [4.78, 5) is 16.3. The summed E-state index contributed by atoms with van der Waals surface area (Å²) in [5.41, 5.74) is 1.94. The zero-order valence-electron chi connectivity index (χ0n) is 13.7. The van der Waals surface area contributed by atoms with Gasteiger partial charge in [0.2, 0.25) is 5.91 Å². The number of halogens is 2. The number of alkyl halides is 2. The van der Waals surface area contributed by atoms with E-state index in [2.05, 4.69) is 10.2 Å². The highest BCUT2D eigenvalue weighted by atomic mass is 19.3. The minimum Gasteiger partial charge on any atom is -0.372 e. The molecule has 24 heavy (non-hydrogen) atoms. The van der Waals surface area contributed by atoms with Crippen molar-refractivity contribution in [2.75, 3.05) is 42.9 Å². The normalized spacial score (nSPS) is 28.5. The first-order chi connectivity index (χ1) is 11.5. The van der Waals surface area contributed by atoms with Crippen LogP contribution in [-0.2, 0) is 4.79 Å². The second-order valence-electron chi connectivity index (χ2n) is 7.20. The van der Waals surface area contributed by atoms with E-state index in [1.54, 1.807) is 0 Å². The van der Waals surface area contributed by atoms with Crippen molar-refractivity contribution < 1.29 is 13.6 Å². The summed E-state index contributed by atoms with van der Waals surface area (Å²) in [5, 5.41) is 2.87. The Bertz CT molecular complexity index is 613. The fourth-order valence-electron chi connectivity index (χ4n) is 4.07. The van der Waals surface area contributed by atoms with Gasteiger partial charge in [-0.2, -0.15) is 0 Å².